The average molecular weight is 394 g/mol. The maximum absolute atomic E-state index is 5.89. The summed E-state index contributed by atoms with van der Waals surface area (Å²) < 4.78 is 17.9. The highest BCUT2D eigenvalue weighted by atomic mass is 79.9. The lowest BCUT2D eigenvalue weighted by Gasteiger charge is -2.32. The van der Waals surface area contributed by atoms with E-state index in [0.29, 0.717) is 30.4 Å². The van der Waals surface area contributed by atoms with Gasteiger partial charge >= 0.3 is 0 Å². The van der Waals surface area contributed by atoms with Crippen LogP contribution in [0.15, 0.2) is 22.7 Å². The Labute approximate surface area is 145 Å². The molecular formula is C16H24BrClNO3+. The van der Waals surface area contributed by atoms with Crippen LogP contribution in [0.25, 0.3) is 0 Å². The zero-order valence-corrected chi connectivity index (χ0v) is 15.5. The molecule has 1 aliphatic heterocycles. The van der Waals surface area contributed by atoms with Crippen LogP contribution in [0, 0.1) is 0 Å². The number of morpholine rings is 1. The zero-order chi connectivity index (χ0) is 15.9. The van der Waals surface area contributed by atoms with Gasteiger partial charge in [0.15, 0.2) is 0 Å². The van der Waals surface area contributed by atoms with E-state index < -0.39 is 0 Å². The van der Waals surface area contributed by atoms with Crippen LogP contribution in [-0.4, -0.2) is 51.7 Å². The fraction of sp³-hybridized carbons (Fsp3) is 0.625. The molecule has 1 N–H and O–H groups in total. The van der Waals surface area contributed by atoms with Crippen LogP contribution in [0.1, 0.15) is 13.8 Å². The van der Waals surface area contributed by atoms with Crippen LogP contribution in [0.5, 0.6) is 5.75 Å². The van der Waals surface area contributed by atoms with E-state index in [-0.39, 0.29) is 0 Å². The molecule has 1 fully saturated rings. The van der Waals surface area contributed by atoms with Crippen molar-refractivity contribution in [3.05, 3.63) is 27.7 Å². The summed E-state index contributed by atoms with van der Waals surface area (Å²) in [5.74, 6) is 0.787. The van der Waals surface area contributed by atoms with Crippen molar-refractivity contribution in [3.63, 3.8) is 0 Å². The summed E-state index contributed by atoms with van der Waals surface area (Å²) in [4.78, 5) is 1.55. The number of quaternary nitrogens is 1. The van der Waals surface area contributed by atoms with E-state index in [2.05, 4.69) is 29.8 Å². The Morgan fingerprint density at radius 3 is 2.64 bits per heavy atom. The molecule has 0 saturated carbocycles. The lowest BCUT2D eigenvalue weighted by Crippen LogP contribution is -3.15. The van der Waals surface area contributed by atoms with Crippen molar-refractivity contribution in [2.75, 3.05) is 39.5 Å². The Bertz CT molecular complexity index is 465. The van der Waals surface area contributed by atoms with Crippen molar-refractivity contribution in [3.8, 4) is 5.75 Å². The third kappa shape index (κ3) is 6.05. The van der Waals surface area contributed by atoms with Crippen molar-refractivity contribution in [2.45, 2.75) is 26.1 Å². The van der Waals surface area contributed by atoms with Gasteiger partial charge in [0.25, 0.3) is 0 Å². The smallest absolute Gasteiger partial charge is 0.133 e. The molecule has 0 aliphatic carbocycles. The van der Waals surface area contributed by atoms with Crippen LogP contribution in [0.3, 0.4) is 0 Å². The van der Waals surface area contributed by atoms with Gasteiger partial charge in [-0.15, -0.1) is 0 Å². The van der Waals surface area contributed by atoms with E-state index in [1.165, 1.54) is 0 Å². The second kappa shape index (κ2) is 9.08. The Hall–Kier alpha value is -0.330. The SMILES string of the molecule is C[C@@H]1C[NH+](CCOCCOc2ccc(Cl)cc2Br)C[C@@H](C)O1. The first-order valence-corrected chi connectivity index (χ1v) is 8.86. The molecule has 0 amide bonds. The van der Waals surface area contributed by atoms with Crippen molar-refractivity contribution >= 4 is 27.5 Å². The van der Waals surface area contributed by atoms with Crippen LogP contribution in [-0.2, 0) is 9.47 Å². The highest BCUT2D eigenvalue weighted by Crippen LogP contribution is 2.27. The van der Waals surface area contributed by atoms with Crippen LogP contribution >= 0.6 is 27.5 Å². The number of hydrogen-bond acceptors (Lipinski definition) is 3. The summed E-state index contributed by atoms with van der Waals surface area (Å²) in [6.45, 7) is 9.27. The molecule has 0 bridgehead atoms. The minimum atomic E-state index is 0.337. The largest absolute Gasteiger partial charge is 0.490 e. The van der Waals surface area contributed by atoms with Gasteiger partial charge in [-0.2, -0.15) is 0 Å². The molecule has 0 unspecified atom stereocenters. The Balaban J connectivity index is 1.57. The minimum Gasteiger partial charge on any atom is -0.490 e. The predicted molar refractivity (Wildman–Crippen MR) is 91.0 cm³/mol. The normalized spacial score (nSPS) is 25.2. The van der Waals surface area contributed by atoms with Gasteiger partial charge in [0.1, 0.15) is 44.2 Å². The fourth-order valence-electron chi connectivity index (χ4n) is 2.71. The summed E-state index contributed by atoms with van der Waals surface area (Å²) in [5, 5.41) is 0.687. The highest BCUT2D eigenvalue weighted by molar-refractivity contribution is 9.10. The number of rotatable bonds is 7. The van der Waals surface area contributed by atoms with Gasteiger partial charge in [-0.1, -0.05) is 11.6 Å². The van der Waals surface area contributed by atoms with Gasteiger partial charge in [-0.25, -0.2) is 0 Å². The number of benzene rings is 1. The van der Waals surface area contributed by atoms with Crippen LogP contribution < -0.4 is 9.64 Å². The maximum atomic E-state index is 5.89. The number of ether oxygens (including phenoxy) is 3. The van der Waals surface area contributed by atoms with E-state index >= 15 is 0 Å². The van der Waals surface area contributed by atoms with Gasteiger partial charge in [0.05, 0.1) is 17.7 Å². The van der Waals surface area contributed by atoms with Gasteiger partial charge in [0.2, 0.25) is 0 Å². The first-order valence-electron chi connectivity index (χ1n) is 7.69. The molecule has 0 radical (unpaired) electrons. The van der Waals surface area contributed by atoms with Gasteiger partial charge < -0.3 is 19.1 Å². The van der Waals surface area contributed by atoms with Crippen LogP contribution in [0.2, 0.25) is 5.02 Å². The quantitative estimate of drug-likeness (QED) is 0.721. The minimum absolute atomic E-state index is 0.337. The molecule has 0 spiro atoms. The number of hydrogen-bond donors (Lipinski definition) is 1. The van der Waals surface area contributed by atoms with Crippen LogP contribution in [0.4, 0.5) is 0 Å². The zero-order valence-electron chi connectivity index (χ0n) is 13.1. The molecule has 2 rings (SSSR count). The van der Waals surface area contributed by atoms with Crippen molar-refractivity contribution in [1.29, 1.82) is 0 Å². The molecule has 1 aromatic rings. The Morgan fingerprint density at radius 2 is 1.95 bits per heavy atom. The fourth-order valence-corrected chi connectivity index (χ4v) is 3.51. The standard InChI is InChI=1S/C16H23BrClNO3/c1-12-10-19(11-13(2)22-12)5-6-20-7-8-21-16-4-3-14(18)9-15(16)17/h3-4,9,12-13H,5-8,10-11H2,1-2H3/p+1/t12-,13-/m1/s1. The number of halogens is 2. The van der Waals surface area contributed by atoms with E-state index in [1.54, 1.807) is 4.90 Å². The summed E-state index contributed by atoms with van der Waals surface area (Å²) in [5.41, 5.74) is 0. The molecule has 22 heavy (non-hydrogen) atoms. The van der Waals surface area contributed by atoms with Gasteiger partial charge in [0, 0.05) is 5.02 Å². The predicted octanol–water partition coefficient (Wildman–Crippen LogP) is 2.19. The molecule has 1 aliphatic rings. The van der Waals surface area contributed by atoms with Crippen molar-refractivity contribution in [2.24, 2.45) is 0 Å². The highest BCUT2D eigenvalue weighted by Gasteiger charge is 2.24. The summed E-state index contributed by atoms with van der Waals surface area (Å²) in [6, 6.07) is 5.49. The molecule has 1 saturated heterocycles. The van der Waals surface area contributed by atoms with Crippen molar-refractivity contribution in [1.82, 2.24) is 0 Å². The first kappa shape index (κ1) is 18.0. The summed E-state index contributed by atoms with van der Waals surface area (Å²) in [6.07, 6.45) is 0.675. The Kier molecular flexibility index (Phi) is 7.44. The second-order valence-corrected chi connectivity index (χ2v) is 6.99. The summed E-state index contributed by atoms with van der Waals surface area (Å²) in [7, 11) is 0. The summed E-state index contributed by atoms with van der Waals surface area (Å²) >= 11 is 9.32. The maximum Gasteiger partial charge on any atom is 0.133 e. The van der Waals surface area contributed by atoms with E-state index in [4.69, 9.17) is 25.8 Å². The first-order chi connectivity index (χ1) is 10.5. The lowest BCUT2D eigenvalue weighted by atomic mass is 10.2. The Morgan fingerprint density at radius 1 is 1.23 bits per heavy atom. The third-order valence-corrected chi connectivity index (χ3v) is 4.45. The molecule has 1 heterocycles. The topological polar surface area (TPSA) is 32.1 Å². The molecule has 4 nitrogen and oxygen atoms in total. The van der Waals surface area contributed by atoms with Gasteiger partial charge in [-0.05, 0) is 48.0 Å². The molecule has 124 valence electrons. The van der Waals surface area contributed by atoms with Gasteiger partial charge in [-0.3, -0.25) is 0 Å². The second-order valence-electron chi connectivity index (χ2n) is 5.70. The molecule has 0 aromatic heterocycles. The average Bonchev–Trinajstić information content (AvgIpc) is 2.43. The lowest BCUT2D eigenvalue weighted by molar-refractivity contribution is -0.915. The van der Waals surface area contributed by atoms with Crippen molar-refractivity contribution < 1.29 is 19.1 Å². The molecule has 2 atom stereocenters. The van der Waals surface area contributed by atoms with E-state index in [9.17, 15) is 0 Å². The molecule has 6 heteroatoms. The number of nitrogens with one attached hydrogen (secondary N) is 1. The molecular weight excluding hydrogens is 370 g/mol. The molecule has 1 aromatic carbocycles. The van der Waals surface area contributed by atoms with E-state index in [1.807, 2.05) is 18.2 Å². The third-order valence-electron chi connectivity index (χ3n) is 3.60. The van der Waals surface area contributed by atoms with E-state index in [0.717, 1.165) is 36.5 Å². The monoisotopic (exact) mass is 392 g/mol.